The molecule has 1 aliphatic heterocycles. The summed E-state index contributed by atoms with van der Waals surface area (Å²) in [5.74, 6) is -1.37. The van der Waals surface area contributed by atoms with Crippen molar-refractivity contribution in [3.8, 4) is 11.3 Å². The number of carbonyl (C=O) groups excluding carboxylic acids is 1. The van der Waals surface area contributed by atoms with E-state index in [1.165, 1.54) is 31.5 Å². The lowest BCUT2D eigenvalue weighted by molar-refractivity contribution is 0.00578. The van der Waals surface area contributed by atoms with Crippen LogP contribution in [0.3, 0.4) is 0 Å². The molecule has 7 nitrogen and oxygen atoms in total. The minimum Gasteiger partial charge on any atom is -0.465 e. The third-order valence-electron chi connectivity index (χ3n) is 4.96. The standard InChI is InChI=1S/C18H21BFN3O4/c1-17(2)18(3,4)27-19(26-17)13-9-22-15(21)14(23-13)10-6-7-11(12(20)8-10)16(24)25-5/h6-9H,1-5H3,(H2,21,22). The Morgan fingerprint density at radius 1 is 1.22 bits per heavy atom. The third-order valence-corrected chi connectivity index (χ3v) is 4.96. The molecular weight excluding hydrogens is 352 g/mol. The number of nitrogen functional groups attached to an aromatic ring is 1. The molecule has 1 fully saturated rings. The van der Waals surface area contributed by atoms with E-state index in [1.54, 1.807) is 0 Å². The predicted molar refractivity (Wildman–Crippen MR) is 98.9 cm³/mol. The number of benzene rings is 1. The summed E-state index contributed by atoms with van der Waals surface area (Å²) in [6.07, 6.45) is 1.47. The highest BCUT2D eigenvalue weighted by molar-refractivity contribution is 6.61. The molecule has 0 radical (unpaired) electrons. The van der Waals surface area contributed by atoms with E-state index in [0.29, 0.717) is 11.2 Å². The second kappa shape index (κ2) is 6.58. The summed E-state index contributed by atoms with van der Waals surface area (Å²) in [7, 11) is 0.466. The number of anilines is 1. The van der Waals surface area contributed by atoms with Crippen molar-refractivity contribution in [1.29, 1.82) is 0 Å². The Balaban J connectivity index is 1.98. The number of carbonyl (C=O) groups is 1. The lowest BCUT2D eigenvalue weighted by atomic mass is 9.85. The molecule has 0 aliphatic carbocycles. The first-order valence-electron chi connectivity index (χ1n) is 8.42. The van der Waals surface area contributed by atoms with Crippen LogP contribution < -0.4 is 11.3 Å². The van der Waals surface area contributed by atoms with Crippen LogP contribution in [-0.2, 0) is 14.0 Å². The van der Waals surface area contributed by atoms with Crippen LogP contribution in [0.4, 0.5) is 10.2 Å². The number of nitrogens with two attached hydrogens (primary N) is 1. The minimum atomic E-state index is -0.760. The molecule has 2 aromatic rings. The van der Waals surface area contributed by atoms with Gasteiger partial charge in [0.1, 0.15) is 17.3 Å². The van der Waals surface area contributed by atoms with Crippen LogP contribution in [0, 0.1) is 5.82 Å². The van der Waals surface area contributed by atoms with Gasteiger partial charge in [-0.1, -0.05) is 6.07 Å². The summed E-state index contributed by atoms with van der Waals surface area (Å²) in [6.45, 7) is 7.72. The van der Waals surface area contributed by atoms with Crippen molar-refractivity contribution >= 4 is 24.5 Å². The molecule has 2 N–H and O–H groups in total. The number of hydrogen-bond acceptors (Lipinski definition) is 7. The number of esters is 1. The van der Waals surface area contributed by atoms with Gasteiger partial charge in [-0.15, -0.1) is 0 Å². The van der Waals surface area contributed by atoms with Gasteiger partial charge in [-0.2, -0.15) is 0 Å². The second-order valence-corrected chi connectivity index (χ2v) is 7.30. The lowest BCUT2D eigenvalue weighted by Gasteiger charge is -2.32. The normalized spacial score (nSPS) is 17.8. The van der Waals surface area contributed by atoms with E-state index in [9.17, 15) is 9.18 Å². The fraction of sp³-hybridized carbons (Fsp3) is 0.389. The van der Waals surface area contributed by atoms with Gasteiger partial charge in [0, 0.05) is 11.8 Å². The Hall–Kier alpha value is -2.52. The average Bonchev–Trinajstić information content (AvgIpc) is 2.82. The largest absolute Gasteiger partial charge is 0.516 e. The van der Waals surface area contributed by atoms with E-state index < -0.39 is 30.1 Å². The van der Waals surface area contributed by atoms with Gasteiger partial charge in [0.2, 0.25) is 0 Å². The molecule has 1 aromatic carbocycles. The van der Waals surface area contributed by atoms with E-state index >= 15 is 0 Å². The molecule has 0 amide bonds. The Morgan fingerprint density at radius 2 is 1.85 bits per heavy atom. The fourth-order valence-electron chi connectivity index (χ4n) is 2.64. The van der Waals surface area contributed by atoms with Crippen molar-refractivity contribution in [3.63, 3.8) is 0 Å². The van der Waals surface area contributed by atoms with Crippen LogP contribution in [0.25, 0.3) is 11.3 Å². The van der Waals surface area contributed by atoms with E-state index in [1.807, 2.05) is 27.7 Å². The zero-order valence-electron chi connectivity index (χ0n) is 15.9. The van der Waals surface area contributed by atoms with Crippen LogP contribution in [0.5, 0.6) is 0 Å². The summed E-state index contributed by atoms with van der Waals surface area (Å²) in [4.78, 5) is 20.2. The van der Waals surface area contributed by atoms with Crippen molar-refractivity contribution in [2.75, 3.05) is 12.8 Å². The molecule has 0 saturated carbocycles. The predicted octanol–water partition coefficient (Wildman–Crippen LogP) is 1.95. The minimum absolute atomic E-state index is 0.125. The van der Waals surface area contributed by atoms with Gasteiger partial charge >= 0.3 is 13.1 Å². The molecular formula is C18H21BFN3O4. The first-order chi connectivity index (χ1) is 12.6. The molecule has 3 rings (SSSR count). The number of hydrogen-bond donors (Lipinski definition) is 1. The molecule has 142 valence electrons. The molecule has 0 spiro atoms. The highest BCUT2D eigenvalue weighted by Gasteiger charge is 2.52. The van der Waals surface area contributed by atoms with Gasteiger partial charge in [-0.05, 0) is 39.8 Å². The zero-order chi connectivity index (χ0) is 20.0. The molecule has 1 aromatic heterocycles. The summed E-state index contributed by atoms with van der Waals surface area (Å²) >= 11 is 0. The summed E-state index contributed by atoms with van der Waals surface area (Å²) in [5, 5.41) is 0. The molecule has 0 unspecified atom stereocenters. The monoisotopic (exact) mass is 373 g/mol. The average molecular weight is 373 g/mol. The number of halogens is 1. The zero-order valence-corrected chi connectivity index (χ0v) is 15.9. The maximum atomic E-state index is 14.3. The Labute approximate surface area is 157 Å². The first kappa shape index (κ1) is 19.3. The highest BCUT2D eigenvalue weighted by atomic mass is 19.1. The number of nitrogens with zero attached hydrogens (tertiary/aromatic N) is 2. The van der Waals surface area contributed by atoms with Crippen molar-refractivity contribution in [2.24, 2.45) is 0 Å². The van der Waals surface area contributed by atoms with Crippen LogP contribution in [0.2, 0.25) is 0 Å². The molecule has 1 aliphatic rings. The molecule has 27 heavy (non-hydrogen) atoms. The van der Waals surface area contributed by atoms with Gasteiger partial charge in [0.25, 0.3) is 0 Å². The Kier molecular flexibility index (Phi) is 4.69. The van der Waals surface area contributed by atoms with E-state index in [0.717, 1.165) is 0 Å². The molecule has 0 bridgehead atoms. The maximum absolute atomic E-state index is 14.3. The number of rotatable bonds is 3. The second-order valence-electron chi connectivity index (χ2n) is 7.30. The summed E-state index contributed by atoms with van der Waals surface area (Å²) in [5.41, 5.74) is 5.77. The number of ether oxygens (including phenoxy) is 1. The Bertz CT molecular complexity index is 888. The third kappa shape index (κ3) is 3.40. The lowest BCUT2D eigenvalue weighted by Crippen LogP contribution is -2.41. The summed E-state index contributed by atoms with van der Waals surface area (Å²) < 4.78 is 30.8. The maximum Gasteiger partial charge on any atom is 0.516 e. The highest BCUT2D eigenvalue weighted by Crippen LogP contribution is 2.36. The van der Waals surface area contributed by atoms with Crippen molar-refractivity contribution in [2.45, 2.75) is 38.9 Å². The molecule has 9 heteroatoms. The quantitative estimate of drug-likeness (QED) is 0.649. The van der Waals surface area contributed by atoms with E-state index in [2.05, 4.69) is 14.7 Å². The van der Waals surface area contributed by atoms with Gasteiger partial charge < -0.3 is 19.8 Å². The molecule has 1 saturated heterocycles. The first-order valence-corrected chi connectivity index (χ1v) is 8.42. The molecule has 2 heterocycles. The smallest absolute Gasteiger partial charge is 0.465 e. The van der Waals surface area contributed by atoms with Gasteiger partial charge in [-0.3, -0.25) is 4.98 Å². The van der Waals surface area contributed by atoms with Crippen molar-refractivity contribution in [3.05, 3.63) is 35.8 Å². The van der Waals surface area contributed by atoms with Gasteiger partial charge in [-0.25, -0.2) is 14.2 Å². The summed E-state index contributed by atoms with van der Waals surface area (Å²) in [6, 6.07) is 4.02. The van der Waals surface area contributed by atoms with Crippen molar-refractivity contribution in [1.82, 2.24) is 9.97 Å². The van der Waals surface area contributed by atoms with Crippen LogP contribution in [0.1, 0.15) is 38.1 Å². The van der Waals surface area contributed by atoms with E-state index in [4.69, 9.17) is 15.0 Å². The number of methoxy groups -OCH3 is 1. The fourth-order valence-corrected chi connectivity index (χ4v) is 2.64. The topological polar surface area (TPSA) is 96.6 Å². The van der Waals surface area contributed by atoms with Crippen LogP contribution in [-0.4, -0.2) is 41.4 Å². The van der Waals surface area contributed by atoms with Gasteiger partial charge in [0.05, 0.1) is 29.5 Å². The SMILES string of the molecule is COC(=O)c1ccc(-c2nc(B3OC(C)(C)C(C)(C)O3)cnc2N)cc1F. The number of aromatic nitrogens is 2. The Morgan fingerprint density at radius 3 is 2.41 bits per heavy atom. The molecule has 0 atom stereocenters. The van der Waals surface area contributed by atoms with Gasteiger partial charge in [0.15, 0.2) is 0 Å². The van der Waals surface area contributed by atoms with Crippen LogP contribution >= 0.6 is 0 Å². The van der Waals surface area contributed by atoms with Crippen molar-refractivity contribution < 1.29 is 23.2 Å². The van der Waals surface area contributed by atoms with Crippen LogP contribution in [0.15, 0.2) is 24.4 Å². The van der Waals surface area contributed by atoms with E-state index in [-0.39, 0.29) is 17.1 Å².